The van der Waals surface area contributed by atoms with E-state index in [0.717, 1.165) is 5.56 Å². The Hall–Kier alpha value is -1.70. The second-order valence-corrected chi connectivity index (χ2v) is 11.7. The number of hydrogen-bond acceptors (Lipinski definition) is 7. The van der Waals surface area contributed by atoms with E-state index in [4.69, 9.17) is 13.8 Å². The van der Waals surface area contributed by atoms with Gasteiger partial charge in [-0.15, -0.1) is 11.8 Å². The van der Waals surface area contributed by atoms with Crippen LogP contribution in [0.1, 0.15) is 57.1 Å². The van der Waals surface area contributed by atoms with Gasteiger partial charge in [0.1, 0.15) is 5.82 Å². The molecule has 0 amide bonds. The van der Waals surface area contributed by atoms with Crippen LogP contribution >= 0.6 is 19.4 Å². The number of carbonyl (C=O) groups excluding carboxylic acids is 1. The fourth-order valence-electron chi connectivity index (χ4n) is 3.84. The normalized spacial score (nSPS) is 15.4. The lowest BCUT2D eigenvalue weighted by Crippen LogP contribution is -2.39. The molecule has 0 saturated heterocycles. The van der Waals surface area contributed by atoms with Crippen molar-refractivity contribution in [2.75, 3.05) is 19.8 Å². The smallest absolute Gasteiger partial charge is 0.346 e. The van der Waals surface area contributed by atoms with Crippen LogP contribution in [-0.4, -0.2) is 41.8 Å². The van der Waals surface area contributed by atoms with Gasteiger partial charge in [0.05, 0.1) is 31.2 Å². The first kappa shape index (κ1) is 29.5. The SMILES string of the molecule is CCOC(=O)C(C(SC(c1ccccc1)C(O)c1cccc(F)c1)C(C)C)P(=O)(OCC)OCC. The van der Waals surface area contributed by atoms with E-state index >= 15 is 0 Å². The Bertz CT molecular complexity index is 963. The maximum atomic E-state index is 14.0. The van der Waals surface area contributed by atoms with Crippen molar-refractivity contribution in [2.45, 2.75) is 56.9 Å². The van der Waals surface area contributed by atoms with E-state index in [1.165, 1.54) is 23.9 Å². The molecule has 0 heterocycles. The quantitative estimate of drug-likeness (QED) is 0.221. The Morgan fingerprint density at radius 1 is 0.971 bits per heavy atom. The third-order valence-electron chi connectivity index (χ3n) is 5.36. The molecule has 1 N–H and O–H groups in total. The van der Waals surface area contributed by atoms with Crippen molar-refractivity contribution in [1.82, 2.24) is 0 Å². The molecule has 2 aromatic rings. The summed E-state index contributed by atoms with van der Waals surface area (Å²) in [5.41, 5.74) is -0.0252. The molecule has 6 nitrogen and oxygen atoms in total. The van der Waals surface area contributed by atoms with Crippen LogP contribution in [0.25, 0.3) is 0 Å². The van der Waals surface area contributed by atoms with Gasteiger partial charge in [-0.3, -0.25) is 9.36 Å². The highest BCUT2D eigenvalue weighted by Gasteiger charge is 2.50. The first-order valence-corrected chi connectivity index (χ1v) is 14.4. The highest BCUT2D eigenvalue weighted by atomic mass is 32.2. The Labute approximate surface area is 212 Å². The van der Waals surface area contributed by atoms with Crippen molar-refractivity contribution >= 4 is 25.3 Å². The summed E-state index contributed by atoms with van der Waals surface area (Å²) in [6.45, 7) is 9.16. The van der Waals surface area contributed by atoms with Gasteiger partial charge in [0.15, 0.2) is 5.66 Å². The zero-order chi connectivity index (χ0) is 26.0. The number of halogens is 1. The van der Waals surface area contributed by atoms with Crippen molar-refractivity contribution in [3.05, 3.63) is 71.5 Å². The topological polar surface area (TPSA) is 82.1 Å². The van der Waals surface area contributed by atoms with Gasteiger partial charge in [-0.1, -0.05) is 56.3 Å². The Kier molecular flexibility index (Phi) is 11.9. The summed E-state index contributed by atoms with van der Waals surface area (Å²) in [5, 5.41) is 10.2. The molecule has 194 valence electrons. The minimum absolute atomic E-state index is 0.0939. The van der Waals surface area contributed by atoms with E-state index in [9.17, 15) is 18.9 Å². The molecule has 4 unspecified atom stereocenters. The number of aliphatic hydroxyl groups is 1. The third kappa shape index (κ3) is 7.89. The standard InChI is InChI=1S/C26H36FO6PS/c1-6-31-26(29)23(34(30,32-7-2)33-8-3)24(18(4)5)35-25(19-13-10-9-11-14-19)22(28)20-15-12-16-21(27)17-20/h9-18,22-25,28H,6-8H2,1-5H3. The van der Waals surface area contributed by atoms with Crippen LogP contribution < -0.4 is 0 Å². The van der Waals surface area contributed by atoms with Crippen molar-refractivity contribution in [2.24, 2.45) is 5.92 Å². The van der Waals surface area contributed by atoms with Crippen molar-refractivity contribution in [3.8, 4) is 0 Å². The number of hydrogen-bond donors (Lipinski definition) is 1. The van der Waals surface area contributed by atoms with Gasteiger partial charge in [-0.2, -0.15) is 0 Å². The zero-order valence-electron chi connectivity index (χ0n) is 20.9. The van der Waals surface area contributed by atoms with E-state index in [2.05, 4.69) is 0 Å². The molecule has 0 aliphatic heterocycles. The molecule has 9 heteroatoms. The predicted octanol–water partition coefficient (Wildman–Crippen LogP) is 6.56. The van der Waals surface area contributed by atoms with E-state index in [0.29, 0.717) is 5.56 Å². The third-order valence-corrected chi connectivity index (χ3v) is 9.97. The molecular formula is C26H36FO6PS. The maximum absolute atomic E-state index is 14.0. The summed E-state index contributed by atoms with van der Waals surface area (Å²) >= 11 is 1.30. The summed E-state index contributed by atoms with van der Waals surface area (Å²) in [6.07, 6.45) is -1.10. The van der Waals surface area contributed by atoms with Gasteiger partial charge < -0.3 is 18.9 Å². The van der Waals surface area contributed by atoms with E-state index in [-0.39, 0.29) is 25.7 Å². The zero-order valence-corrected chi connectivity index (χ0v) is 22.6. The highest BCUT2D eigenvalue weighted by Crippen LogP contribution is 2.59. The number of aliphatic hydroxyl groups excluding tert-OH is 1. The predicted molar refractivity (Wildman–Crippen MR) is 138 cm³/mol. The fraction of sp³-hybridized carbons (Fsp3) is 0.500. The minimum atomic E-state index is -3.92. The summed E-state index contributed by atoms with van der Waals surface area (Å²) < 4.78 is 44.4. The van der Waals surface area contributed by atoms with Gasteiger partial charge in [-0.25, -0.2) is 4.39 Å². The first-order valence-electron chi connectivity index (χ1n) is 11.9. The summed E-state index contributed by atoms with van der Waals surface area (Å²) in [6, 6.07) is 15.1. The lowest BCUT2D eigenvalue weighted by atomic mass is 10.0. The average Bonchev–Trinajstić information content (AvgIpc) is 2.82. The van der Waals surface area contributed by atoms with E-state index in [1.54, 1.807) is 32.9 Å². The second kappa shape index (κ2) is 14.1. The van der Waals surface area contributed by atoms with Crippen LogP contribution in [0, 0.1) is 11.7 Å². The van der Waals surface area contributed by atoms with Gasteiger partial charge in [-0.05, 0) is 49.9 Å². The molecule has 0 aliphatic carbocycles. The largest absolute Gasteiger partial charge is 0.465 e. The molecule has 0 radical (unpaired) electrons. The van der Waals surface area contributed by atoms with Crippen molar-refractivity contribution in [3.63, 3.8) is 0 Å². The molecule has 0 fully saturated rings. The maximum Gasteiger partial charge on any atom is 0.346 e. The fourth-order valence-corrected chi connectivity index (χ4v) is 8.18. The van der Waals surface area contributed by atoms with Gasteiger partial charge in [0.2, 0.25) is 0 Å². The van der Waals surface area contributed by atoms with Crippen LogP contribution in [0.4, 0.5) is 4.39 Å². The number of ether oxygens (including phenoxy) is 1. The average molecular weight is 527 g/mol. The van der Waals surface area contributed by atoms with E-state index in [1.807, 2.05) is 44.2 Å². The number of carbonyl (C=O) groups is 1. The Balaban J connectivity index is 2.59. The minimum Gasteiger partial charge on any atom is -0.465 e. The van der Waals surface area contributed by atoms with Crippen LogP contribution in [0.5, 0.6) is 0 Å². The van der Waals surface area contributed by atoms with Gasteiger partial charge >= 0.3 is 13.6 Å². The number of benzene rings is 2. The lowest BCUT2D eigenvalue weighted by Gasteiger charge is -2.36. The lowest BCUT2D eigenvalue weighted by molar-refractivity contribution is -0.143. The van der Waals surface area contributed by atoms with Gasteiger partial charge in [0, 0.05) is 5.25 Å². The molecule has 2 rings (SSSR count). The first-order chi connectivity index (χ1) is 16.7. The number of thioether (sulfide) groups is 1. The van der Waals surface area contributed by atoms with Crippen LogP contribution in [-0.2, 0) is 23.1 Å². The highest BCUT2D eigenvalue weighted by molar-refractivity contribution is 8.00. The molecule has 0 saturated carbocycles. The summed E-state index contributed by atoms with van der Waals surface area (Å²) in [4.78, 5) is 13.2. The Morgan fingerprint density at radius 3 is 2.09 bits per heavy atom. The molecular weight excluding hydrogens is 490 g/mol. The Morgan fingerprint density at radius 2 is 1.57 bits per heavy atom. The van der Waals surface area contributed by atoms with E-state index < -0.39 is 41.6 Å². The molecule has 0 bridgehead atoms. The van der Waals surface area contributed by atoms with Gasteiger partial charge in [0.25, 0.3) is 0 Å². The number of rotatable bonds is 14. The molecule has 0 spiro atoms. The van der Waals surface area contributed by atoms with Crippen molar-refractivity contribution < 1.29 is 32.6 Å². The van der Waals surface area contributed by atoms with Crippen LogP contribution in [0.2, 0.25) is 0 Å². The molecule has 2 aromatic carbocycles. The molecule has 0 aliphatic rings. The molecule has 0 aromatic heterocycles. The second-order valence-electron chi connectivity index (χ2n) is 8.25. The van der Waals surface area contributed by atoms with Crippen molar-refractivity contribution in [1.29, 1.82) is 0 Å². The summed E-state index contributed by atoms with van der Waals surface area (Å²) in [7, 11) is -3.92. The van der Waals surface area contributed by atoms with Crippen LogP contribution in [0.3, 0.4) is 0 Å². The summed E-state index contributed by atoms with van der Waals surface area (Å²) in [5.74, 6) is -1.30. The monoisotopic (exact) mass is 526 g/mol. The van der Waals surface area contributed by atoms with Crippen LogP contribution in [0.15, 0.2) is 54.6 Å². The number of esters is 1. The molecule has 35 heavy (non-hydrogen) atoms. The molecule has 4 atom stereocenters.